The molecule has 1 rings (SSSR count). The predicted octanol–water partition coefficient (Wildman–Crippen LogP) is 2.63. The van der Waals surface area contributed by atoms with E-state index in [2.05, 4.69) is 25.8 Å². The molecule has 0 saturated heterocycles. The normalized spacial score (nSPS) is 10.4. The number of aryl methyl sites for hydroxylation is 1. The monoisotopic (exact) mass is 272 g/mol. The maximum atomic E-state index is 5.02. The molecule has 0 radical (unpaired) electrons. The molecule has 15 heavy (non-hydrogen) atoms. The molecule has 0 N–H and O–H groups in total. The molecule has 0 saturated carbocycles. The first-order valence-corrected chi connectivity index (χ1v) is 5.77. The van der Waals surface area contributed by atoms with Crippen molar-refractivity contribution in [1.82, 2.24) is 4.98 Å². The molecule has 0 unspecified atom stereocenters. The Morgan fingerprint density at radius 2 is 2.20 bits per heavy atom. The highest BCUT2D eigenvalue weighted by Crippen LogP contribution is 2.18. The van der Waals surface area contributed by atoms with Gasteiger partial charge in [0.2, 0.25) is 0 Å². The molecule has 4 heteroatoms. The lowest BCUT2D eigenvalue weighted by atomic mass is 10.3. The zero-order chi connectivity index (χ0) is 11.3. The number of hydrogen-bond acceptors (Lipinski definition) is 3. The Hall–Kier alpha value is -0.610. The Morgan fingerprint density at radius 3 is 2.80 bits per heavy atom. The first-order chi connectivity index (χ1) is 7.15. The van der Waals surface area contributed by atoms with Gasteiger partial charge in [0.15, 0.2) is 0 Å². The second-order valence-corrected chi connectivity index (χ2v) is 4.36. The molecule has 1 aromatic heterocycles. The Bertz CT molecular complexity index is 317. The number of pyridine rings is 1. The van der Waals surface area contributed by atoms with Gasteiger partial charge < -0.3 is 9.64 Å². The topological polar surface area (TPSA) is 25.4 Å². The highest BCUT2D eigenvalue weighted by molar-refractivity contribution is 9.10. The quantitative estimate of drug-likeness (QED) is 0.771. The zero-order valence-corrected chi connectivity index (χ0v) is 11.0. The van der Waals surface area contributed by atoms with E-state index in [0.717, 1.165) is 35.6 Å². The molecule has 0 aliphatic rings. The van der Waals surface area contributed by atoms with Crippen LogP contribution in [0.2, 0.25) is 0 Å². The van der Waals surface area contributed by atoms with Crippen molar-refractivity contribution in [2.24, 2.45) is 0 Å². The van der Waals surface area contributed by atoms with Crippen LogP contribution in [-0.2, 0) is 4.74 Å². The number of anilines is 1. The summed E-state index contributed by atoms with van der Waals surface area (Å²) in [6, 6.07) is 4.05. The first-order valence-electron chi connectivity index (χ1n) is 4.98. The molecule has 3 nitrogen and oxygen atoms in total. The summed E-state index contributed by atoms with van der Waals surface area (Å²) in [7, 11) is 3.77. The highest BCUT2D eigenvalue weighted by atomic mass is 79.9. The van der Waals surface area contributed by atoms with Crippen LogP contribution in [0.15, 0.2) is 16.6 Å². The molecule has 0 bridgehead atoms. The summed E-state index contributed by atoms with van der Waals surface area (Å²) in [6.45, 7) is 3.75. The Balaban J connectivity index is 2.57. The number of methoxy groups -OCH3 is 1. The van der Waals surface area contributed by atoms with Crippen molar-refractivity contribution >= 4 is 21.7 Å². The molecule has 0 amide bonds. The van der Waals surface area contributed by atoms with Gasteiger partial charge >= 0.3 is 0 Å². The first kappa shape index (κ1) is 12.5. The summed E-state index contributed by atoms with van der Waals surface area (Å²) in [4.78, 5) is 6.63. The van der Waals surface area contributed by atoms with Crippen molar-refractivity contribution in [2.45, 2.75) is 13.3 Å². The van der Waals surface area contributed by atoms with Crippen molar-refractivity contribution in [3.05, 3.63) is 22.3 Å². The van der Waals surface area contributed by atoms with E-state index in [9.17, 15) is 0 Å². The maximum absolute atomic E-state index is 5.02. The molecule has 0 atom stereocenters. The summed E-state index contributed by atoms with van der Waals surface area (Å²) in [6.07, 6.45) is 1.02. The molecule has 0 aliphatic carbocycles. The van der Waals surface area contributed by atoms with Gasteiger partial charge in [-0.1, -0.05) is 0 Å². The highest BCUT2D eigenvalue weighted by Gasteiger charge is 2.03. The van der Waals surface area contributed by atoms with Crippen LogP contribution < -0.4 is 4.90 Å². The molecule has 1 heterocycles. The summed E-state index contributed by atoms with van der Waals surface area (Å²) in [5, 5.41) is 0. The van der Waals surface area contributed by atoms with Crippen LogP contribution in [0, 0.1) is 6.92 Å². The van der Waals surface area contributed by atoms with Crippen LogP contribution in [0.4, 0.5) is 5.82 Å². The minimum Gasteiger partial charge on any atom is -0.385 e. The fraction of sp³-hybridized carbons (Fsp3) is 0.545. The van der Waals surface area contributed by atoms with Crippen LogP contribution in [0.25, 0.3) is 0 Å². The molecule has 0 fully saturated rings. The molecule has 84 valence electrons. The Labute approximate surface area is 99.6 Å². The molecule has 0 aromatic carbocycles. The SMILES string of the molecule is COCCCN(C)c1ccc(Br)c(C)n1. The van der Waals surface area contributed by atoms with Crippen molar-refractivity contribution < 1.29 is 4.74 Å². The fourth-order valence-electron chi connectivity index (χ4n) is 1.30. The molecular weight excluding hydrogens is 256 g/mol. The van der Waals surface area contributed by atoms with Gasteiger partial charge in [-0.15, -0.1) is 0 Å². The lowest BCUT2D eigenvalue weighted by molar-refractivity contribution is 0.196. The van der Waals surface area contributed by atoms with Crippen molar-refractivity contribution in [3.63, 3.8) is 0 Å². The standard InChI is InChI=1S/C11H17BrN2O/c1-9-10(12)5-6-11(13-9)14(2)7-4-8-15-3/h5-6H,4,7-8H2,1-3H3. The lowest BCUT2D eigenvalue weighted by Crippen LogP contribution is -2.21. The van der Waals surface area contributed by atoms with E-state index in [1.54, 1.807) is 7.11 Å². The van der Waals surface area contributed by atoms with Crippen LogP contribution in [0.3, 0.4) is 0 Å². The van der Waals surface area contributed by atoms with Gasteiger partial charge in [0.05, 0.1) is 5.69 Å². The number of aromatic nitrogens is 1. The van der Waals surface area contributed by atoms with Crippen molar-refractivity contribution in [2.75, 3.05) is 32.2 Å². The summed E-state index contributed by atoms with van der Waals surface area (Å²) >= 11 is 3.44. The third kappa shape index (κ3) is 3.80. The van der Waals surface area contributed by atoms with E-state index < -0.39 is 0 Å². The maximum Gasteiger partial charge on any atom is 0.128 e. The third-order valence-electron chi connectivity index (χ3n) is 2.24. The van der Waals surface area contributed by atoms with Gasteiger partial charge in [-0.2, -0.15) is 0 Å². The molecule has 0 spiro atoms. The van der Waals surface area contributed by atoms with Crippen LogP contribution in [0.1, 0.15) is 12.1 Å². The number of ether oxygens (including phenoxy) is 1. The largest absolute Gasteiger partial charge is 0.385 e. The van der Waals surface area contributed by atoms with E-state index in [-0.39, 0.29) is 0 Å². The lowest BCUT2D eigenvalue weighted by Gasteiger charge is -2.18. The second-order valence-electron chi connectivity index (χ2n) is 3.50. The van der Waals surface area contributed by atoms with E-state index in [0.29, 0.717) is 0 Å². The van der Waals surface area contributed by atoms with Gasteiger partial charge in [-0.3, -0.25) is 0 Å². The van der Waals surface area contributed by atoms with Gasteiger partial charge in [-0.25, -0.2) is 4.98 Å². The average molecular weight is 273 g/mol. The third-order valence-corrected chi connectivity index (χ3v) is 3.08. The van der Waals surface area contributed by atoms with E-state index >= 15 is 0 Å². The van der Waals surface area contributed by atoms with E-state index in [4.69, 9.17) is 4.74 Å². The number of nitrogens with zero attached hydrogens (tertiary/aromatic N) is 2. The van der Waals surface area contributed by atoms with Gasteiger partial charge in [-0.05, 0) is 41.4 Å². The molecular formula is C11H17BrN2O. The smallest absolute Gasteiger partial charge is 0.128 e. The summed E-state index contributed by atoms with van der Waals surface area (Å²) in [5.74, 6) is 1.01. The minimum absolute atomic E-state index is 0.792. The van der Waals surface area contributed by atoms with Crippen molar-refractivity contribution in [1.29, 1.82) is 0 Å². The van der Waals surface area contributed by atoms with Gasteiger partial charge in [0.1, 0.15) is 5.82 Å². The summed E-state index contributed by atoms with van der Waals surface area (Å²) in [5.41, 5.74) is 1.02. The average Bonchev–Trinajstić information content (AvgIpc) is 2.22. The van der Waals surface area contributed by atoms with E-state index in [1.165, 1.54) is 0 Å². The predicted molar refractivity (Wildman–Crippen MR) is 66.4 cm³/mol. The Morgan fingerprint density at radius 1 is 1.47 bits per heavy atom. The van der Waals surface area contributed by atoms with Crippen LogP contribution in [0.5, 0.6) is 0 Å². The van der Waals surface area contributed by atoms with Gasteiger partial charge in [0.25, 0.3) is 0 Å². The summed E-state index contributed by atoms with van der Waals surface area (Å²) < 4.78 is 6.07. The van der Waals surface area contributed by atoms with Crippen LogP contribution >= 0.6 is 15.9 Å². The van der Waals surface area contributed by atoms with Gasteiger partial charge in [0, 0.05) is 31.8 Å². The zero-order valence-electron chi connectivity index (χ0n) is 9.46. The Kier molecular flexibility index (Phi) is 5.05. The van der Waals surface area contributed by atoms with Crippen molar-refractivity contribution in [3.8, 4) is 0 Å². The van der Waals surface area contributed by atoms with E-state index in [1.807, 2.05) is 26.1 Å². The minimum atomic E-state index is 0.792. The fourth-order valence-corrected chi connectivity index (χ4v) is 1.52. The van der Waals surface area contributed by atoms with Crippen LogP contribution in [-0.4, -0.2) is 32.3 Å². The number of halogens is 1. The second kappa shape index (κ2) is 6.08. The number of rotatable bonds is 5. The molecule has 0 aliphatic heterocycles. The number of hydrogen-bond donors (Lipinski definition) is 0. The molecule has 1 aromatic rings.